The van der Waals surface area contributed by atoms with E-state index in [0.29, 0.717) is 5.02 Å². The van der Waals surface area contributed by atoms with Crippen molar-refractivity contribution in [1.82, 2.24) is 10.2 Å². The summed E-state index contributed by atoms with van der Waals surface area (Å²) >= 11 is 5.95. The number of anilines is 1. The van der Waals surface area contributed by atoms with Crippen molar-refractivity contribution in [1.29, 1.82) is 0 Å². The van der Waals surface area contributed by atoms with Gasteiger partial charge in [-0.25, -0.2) is 0 Å². The van der Waals surface area contributed by atoms with Gasteiger partial charge in [0.2, 0.25) is 0 Å². The first-order valence-electron chi connectivity index (χ1n) is 5.53. The summed E-state index contributed by atoms with van der Waals surface area (Å²) in [6, 6.07) is 7.26. The minimum atomic E-state index is -0.807. The molecule has 1 aromatic carbocycles. The molecule has 0 saturated heterocycles. The van der Waals surface area contributed by atoms with Gasteiger partial charge in [-0.05, 0) is 24.3 Å². The van der Waals surface area contributed by atoms with Crippen molar-refractivity contribution in [3.8, 4) is 11.3 Å². The molecule has 2 aromatic rings. The lowest BCUT2D eigenvalue weighted by Gasteiger charge is -2.13. The van der Waals surface area contributed by atoms with Crippen LogP contribution in [0.4, 0.5) is 5.69 Å². The van der Waals surface area contributed by atoms with Gasteiger partial charge in [0.1, 0.15) is 0 Å². The van der Waals surface area contributed by atoms with E-state index < -0.39 is 6.10 Å². The first-order valence-corrected chi connectivity index (χ1v) is 5.90. The zero-order valence-electron chi connectivity index (χ0n) is 9.60. The van der Waals surface area contributed by atoms with Crippen LogP contribution in [0.2, 0.25) is 5.02 Å². The molecule has 0 radical (unpaired) electrons. The lowest BCUT2D eigenvalue weighted by atomic mass is 10.1. The van der Waals surface area contributed by atoms with Crippen LogP contribution >= 0.6 is 11.6 Å². The Labute approximate surface area is 109 Å². The van der Waals surface area contributed by atoms with Gasteiger partial charge in [-0.2, -0.15) is 5.10 Å². The Bertz CT molecular complexity index is 502. The SMILES string of the molecule is OCC(O)CNc1cc(Cl)ccc1-c1ccn[nH]1. The molecule has 4 N–H and O–H groups in total. The van der Waals surface area contributed by atoms with E-state index in [1.807, 2.05) is 12.1 Å². The monoisotopic (exact) mass is 267 g/mol. The second-order valence-electron chi connectivity index (χ2n) is 3.88. The molecule has 1 unspecified atom stereocenters. The Balaban J connectivity index is 2.24. The van der Waals surface area contributed by atoms with Crippen LogP contribution in [0.5, 0.6) is 0 Å². The first-order chi connectivity index (χ1) is 8.70. The predicted molar refractivity (Wildman–Crippen MR) is 70.6 cm³/mol. The van der Waals surface area contributed by atoms with Crippen LogP contribution in [0, 0.1) is 0 Å². The molecular weight excluding hydrogens is 254 g/mol. The molecule has 0 bridgehead atoms. The van der Waals surface area contributed by atoms with Crippen LogP contribution in [0.25, 0.3) is 11.3 Å². The highest BCUT2D eigenvalue weighted by molar-refractivity contribution is 6.31. The number of halogens is 1. The first kappa shape index (κ1) is 12.9. The van der Waals surface area contributed by atoms with Crippen molar-refractivity contribution in [2.45, 2.75) is 6.10 Å². The highest BCUT2D eigenvalue weighted by Crippen LogP contribution is 2.29. The maximum atomic E-state index is 9.34. The fourth-order valence-corrected chi connectivity index (χ4v) is 1.77. The third-order valence-corrected chi connectivity index (χ3v) is 2.75. The number of aromatic amines is 1. The number of rotatable bonds is 5. The molecule has 0 aliphatic carbocycles. The van der Waals surface area contributed by atoms with Crippen molar-refractivity contribution in [3.63, 3.8) is 0 Å². The molecule has 0 saturated carbocycles. The van der Waals surface area contributed by atoms with E-state index in [2.05, 4.69) is 15.5 Å². The van der Waals surface area contributed by atoms with E-state index >= 15 is 0 Å². The normalized spacial score (nSPS) is 12.4. The fourth-order valence-electron chi connectivity index (χ4n) is 1.60. The molecule has 0 aliphatic heterocycles. The standard InChI is InChI=1S/C12H14ClN3O2/c13-8-1-2-10(11-3-4-15-16-11)12(5-8)14-6-9(18)7-17/h1-5,9,14,17-18H,6-7H2,(H,15,16). The lowest BCUT2D eigenvalue weighted by Crippen LogP contribution is -2.23. The molecule has 0 amide bonds. The summed E-state index contributed by atoms with van der Waals surface area (Å²) in [6.07, 6.45) is 0.856. The largest absolute Gasteiger partial charge is 0.394 e. The quantitative estimate of drug-likeness (QED) is 0.662. The van der Waals surface area contributed by atoms with Crippen LogP contribution in [0.1, 0.15) is 0 Å². The van der Waals surface area contributed by atoms with Crippen LogP contribution < -0.4 is 5.32 Å². The van der Waals surface area contributed by atoms with Gasteiger partial charge in [-0.15, -0.1) is 0 Å². The van der Waals surface area contributed by atoms with Crippen LogP contribution in [-0.4, -0.2) is 39.7 Å². The molecule has 0 aliphatic rings. The van der Waals surface area contributed by atoms with Crippen LogP contribution in [0.15, 0.2) is 30.5 Å². The molecule has 0 fully saturated rings. The van der Waals surface area contributed by atoms with Crippen molar-refractivity contribution < 1.29 is 10.2 Å². The van der Waals surface area contributed by atoms with Crippen molar-refractivity contribution in [2.75, 3.05) is 18.5 Å². The zero-order valence-corrected chi connectivity index (χ0v) is 10.4. The van der Waals surface area contributed by atoms with Gasteiger partial charge < -0.3 is 15.5 Å². The highest BCUT2D eigenvalue weighted by atomic mass is 35.5. The second kappa shape index (κ2) is 5.86. The summed E-state index contributed by atoms with van der Waals surface area (Å²) in [5.41, 5.74) is 2.54. The topological polar surface area (TPSA) is 81.2 Å². The number of benzene rings is 1. The second-order valence-corrected chi connectivity index (χ2v) is 4.31. The number of H-pyrrole nitrogens is 1. The maximum Gasteiger partial charge on any atom is 0.0942 e. The molecule has 18 heavy (non-hydrogen) atoms. The van der Waals surface area contributed by atoms with E-state index in [0.717, 1.165) is 16.9 Å². The molecule has 1 heterocycles. The molecule has 5 nitrogen and oxygen atoms in total. The van der Waals surface area contributed by atoms with Crippen molar-refractivity contribution in [2.24, 2.45) is 0 Å². The van der Waals surface area contributed by atoms with Crippen LogP contribution in [-0.2, 0) is 0 Å². The van der Waals surface area contributed by atoms with E-state index in [-0.39, 0.29) is 13.2 Å². The molecule has 96 valence electrons. The Kier molecular flexibility index (Phi) is 4.19. The summed E-state index contributed by atoms with van der Waals surface area (Å²) in [7, 11) is 0. The number of nitrogens with one attached hydrogen (secondary N) is 2. The van der Waals surface area contributed by atoms with Crippen molar-refractivity contribution >= 4 is 17.3 Å². The van der Waals surface area contributed by atoms with Gasteiger partial charge in [0.25, 0.3) is 0 Å². The molecule has 0 spiro atoms. The average Bonchev–Trinajstić information content (AvgIpc) is 2.89. The Morgan fingerprint density at radius 2 is 2.22 bits per heavy atom. The Hall–Kier alpha value is -1.56. The van der Waals surface area contributed by atoms with E-state index in [9.17, 15) is 5.11 Å². The number of aliphatic hydroxyl groups is 2. The number of hydrogen-bond acceptors (Lipinski definition) is 4. The summed E-state index contributed by atoms with van der Waals surface area (Å²) in [5, 5.41) is 28.5. The van der Waals surface area contributed by atoms with Crippen LogP contribution in [0.3, 0.4) is 0 Å². The van der Waals surface area contributed by atoms with Gasteiger partial charge in [0.15, 0.2) is 0 Å². The third-order valence-electron chi connectivity index (χ3n) is 2.51. The summed E-state index contributed by atoms with van der Waals surface area (Å²) in [5.74, 6) is 0. The third kappa shape index (κ3) is 3.01. The van der Waals surface area contributed by atoms with E-state index in [1.54, 1.807) is 18.3 Å². The van der Waals surface area contributed by atoms with E-state index in [1.165, 1.54) is 0 Å². The molecule has 2 rings (SSSR count). The minimum absolute atomic E-state index is 0.248. The number of hydrogen-bond donors (Lipinski definition) is 4. The number of aliphatic hydroxyl groups excluding tert-OH is 2. The van der Waals surface area contributed by atoms with Gasteiger partial charge in [-0.3, -0.25) is 5.10 Å². The number of aromatic nitrogens is 2. The lowest BCUT2D eigenvalue weighted by molar-refractivity contribution is 0.105. The summed E-state index contributed by atoms with van der Waals surface area (Å²) in [6.45, 7) is -0.0368. The van der Waals surface area contributed by atoms with Gasteiger partial charge >= 0.3 is 0 Å². The molecule has 1 atom stereocenters. The van der Waals surface area contributed by atoms with Gasteiger partial charge in [-0.1, -0.05) is 11.6 Å². The van der Waals surface area contributed by atoms with E-state index in [4.69, 9.17) is 16.7 Å². The smallest absolute Gasteiger partial charge is 0.0942 e. The molecular formula is C12H14ClN3O2. The van der Waals surface area contributed by atoms with Crippen molar-refractivity contribution in [3.05, 3.63) is 35.5 Å². The predicted octanol–water partition coefficient (Wildman–Crippen LogP) is 1.50. The summed E-state index contributed by atoms with van der Waals surface area (Å²) < 4.78 is 0. The van der Waals surface area contributed by atoms with Gasteiger partial charge in [0.05, 0.1) is 18.4 Å². The minimum Gasteiger partial charge on any atom is -0.394 e. The maximum absolute atomic E-state index is 9.34. The zero-order chi connectivity index (χ0) is 13.0. The van der Waals surface area contributed by atoms with Gasteiger partial charge in [0, 0.05) is 29.0 Å². The average molecular weight is 268 g/mol. The highest BCUT2D eigenvalue weighted by Gasteiger charge is 2.09. The molecule has 1 aromatic heterocycles. The summed E-state index contributed by atoms with van der Waals surface area (Å²) in [4.78, 5) is 0. The number of nitrogens with zero attached hydrogens (tertiary/aromatic N) is 1. The molecule has 6 heteroatoms. The fraction of sp³-hybridized carbons (Fsp3) is 0.250. The Morgan fingerprint density at radius 1 is 1.39 bits per heavy atom. The Morgan fingerprint density at radius 3 is 2.89 bits per heavy atom.